The fraction of sp³-hybridized carbons (Fsp3) is 0.647. The van der Waals surface area contributed by atoms with Gasteiger partial charge in [-0.15, -0.1) is 0 Å². The minimum atomic E-state index is -0.0794. The van der Waals surface area contributed by atoms with Crippen LogP contribution in [0, 0.1) is 12.7 Å². The van der Waals surface area contributed by atoms with Gasteiger partial charge in [0, 0.05) is 24.2 Å². The lowest BCUT2D eigenvalue weighted by Crippen LogP contribution is -2.41. The van der Waals surface area contributed by atoms with Crippen LogP contribution >= 0.6 is 0 Å². The number of aryl methyl sites for hydroxylation is 1. The monoisotopic (exact) mass is 278 g/mol. The van der Waals surface area contributed by atoms with E-state index in [4.69, 9.17) is 5.73 Å². The molecule has 112 valence electrons. The maximum atomic E-state index is 14.0. The van der Waals surface area contributed by atoms with Crippen molar-refractivity contribution >= 4 is 0 Å². The third kappa shape index (κ3) is 4.03. The average molecular weight is 278 g/mol. The van der Waals surface area contributed by atoms with E-state index in [0.717, 1.165) is 56.3 Å². The van der Waals surface area contributed by atoms with Crippen LogP contribution in [0.25, 0.3) is 0 Å². The van der Waals surface area contributed by atoms with Crippen molar-refractivity contribution in [2.75, 3.05) is 6.54 Å². The SMILES string of the molecule is CCCN(Cc1cc(C)ccc1F)C1CCC(N)CC1. The van der Waals surface area contributed by atoms with Crippen LogP contribution in [0.15, 0.2) is 18.2 Å². The fourth-order valence-electron chi connectivity index (χ4n) is 3.19. The standard InChI is InChI=1S/C17H27FN2/c1-3-10-20(16-7-5-15(19)6-8-16)12-14-11-13(2)4-9-17(14)18/h4,9,11,15-16H,3,5-8,10,12,19H2,1-2H3. The molecule has 0 saturated heterocycles. The zero-order valence-corrected chi connectivity index (χ0v) is 12.7. The Morgan fingerprint density at radius 1 is 1.25 bits per heavy atom. The van der Waals surface area contributed by atoms with Gasteiger partial charge in [-0.1, -0.05) is 24.6 Å². The molecule has 0 spiro atoms. The first kappa shape index (κ1) is 15.5. The first-order valence-corrected chi connectivity index (χ1v) is 7.84. The van der Waals surface area contributed by atoms with Gasteiger partial charge in [0.2, 0.25) is 0 Å². The number of benzene rings is 1. The summed E-state index contributed by atoms with van der Waals surface area (Å²) >= 11 is 0. The highest BCUT2D eigenvalue weighted by atomic mass is 19.1. The van der Waals surface area contributed by atoms with E-state index in [1.165, 1.54) is 0 Å². The van der Waals surface area contributed by atoms with Gasteiger partial charge in [0.15, 0.2) is 0 Å². The summed E-state index contributed by atoms with van der Waals surface area (Å²) in [7, 11) is 0. The van der Waals surface area contributed by atoms with Crippen LogP contribution in [0.4, 0.5) is 4.39 Å². The smallest absolute Gasteiger partial charge is 0.127 e. The Morgan fingerprint density at radius 3 is 2.60 bits per heavy atom. The molecule has 1 aliphatic rings. The molecule has 0 bridgehead atoms. The summed E-state index contributed by atoms with van der Waals surface area (Å²) in [5.74, 6) is -0.0794. The van der Waals surface area contributed by atoms with Gasteiger partial charge < -0.3 is 5.73 Å². The molecule has 20 heavy (non-hydrogen) atoms. The van der Waals surface area contributed by atoms with Crippen molar-refractivity contribution in [2.45, 2.75) is 64.6 Å². The molecule has 0 aromatic heterocycles. The van der Waals surface area contributed by atoms with Gasteiger partial charge in [-0.25, -0.2) is 4.39 Å². The topological polar surface area (TPSA) is 29.3 Å². The van der Waals surface area contributed by atoms with Crippen LogP contribution in [0.2, 0.25) is 0 Å². The highest BCUT2D eigenvalue weighted by Gasteiger charge is 2.24. The summed E-state index contributed by atoms with van der Waals surface area (Å²) in [5.41, 5.74) is 7.94. The predicted octanol–water partition coefficient (Wildman–Crippen LogP) is 3.62. The highest BCUT2D eigenvalue weighted by Crippen LogP contribution is 2.24. The van der Waals surface area contributed by atoms with Crippen molar-refractivity contribution < 1.29 is 4.39 Å². The fourth-order valence-corrected chi connectivity index (χ4v) is 3.19. The van der Waals surface area contributed by atoms with Crippen molar-refractivity contribution in [2.24, 2.45) is 5.73 Å². The molecule has 0 radical (unpaired) electrons. The van der Waals surface area contributed by atoms with Gasteiger partial charge >= 0.3 is 0 Å². The van der Waals surface area contributed by atoms with Gasteiger partial charge in [0.1, 0.15) is 5.82 Å². The lowest BCUT2D eigenvalue weighted by molar-refractivity contribution is 0.140. The number of nitrogens with two attached hydrogens (primary N) is 1. The molecule has 1 aliphatic carbocycles. The van der Waals surface area contributed by atoms with Gasteiger partial charge in [0.25, 0.3) is 0 Å². The molecule has 2 N–H and O–H groups in total. The number of rotatable bonds is 5. The molecule has 3 heteroatoms. The van der Waals surface area contributed by atoms with E-state index >= 15 is 0 Å². The van der Waals surface area contributed by atoms with E-state index < -0.39 is 0 Å². The molecular weight excluding hydrogens is 251 g/mol. The number of hydrogen-bond donors (Lipinski definition) is 1. The van der Waals surface area contributed by atoms with Crippen LogP contribution in [0.5, 0.6) is 0 Å². The van der Waals surface area contributed by atoms with Crippen LogP contribution in [-0.2, 0) is 6.54 Å². The minimum absolute atomic E-state index is 0.0794. The Bertz CT molecular complexity index is 425. The Hall–Kier alpha value is -0.930. The lowest BCUT2D eigenvalue weighted by atomic mass is 9.90. The van der Waals surface area contributed by atoms with E-state index in [-0.39, 0.29) is 5.82 Å². The second-order valence-corrected chi connectivity index (χ2v) is 6.13. The Morgan fingerprint density at radius 2 is 1.95 bits per heavy atom. The van der Waals surface area contributed by atoms with Crippen molar-refractivity contribution in [3.63, 3.8) is 0 Å². The van der Waals surface area contributed by atoms with E-state index in [9.17, 15) is 4.39 Å². The zero-order valence-electron chi connectivity index (χ0n) is 12.7. The lowest BCUT2D eigenvalue weighted by Gasteiger charge is -2.36. The maximum Gasteiger partial charge on any atom is 0.127 e. The van der Waals surface area contributed by atoms with E-state index in [0.29, 0.717) is 12.1 Å². The van der Waals surface area contributed by atoms with Gasteiger partial charge in [-0.2, -0.15) is 0 Å². The first-order valence-electron chi connectivity index (χ1n) is 7.84. The van der Waals surface area contributed by atoms with Crippen LogP contribution in [0.3, 0.4) is 0 Å². The molecule has 1 aromatic carbocycles. The average Bonchev–Trinajstić information content (AvgIpc) is 2.43. The van der Waals surface area contributed by atoms with Crippen molar-refractivity contribution in [1.82, 2.24) is 4.90 Å². The Kier molecular flexibility index (Phi) is 5.55. The van der Waals surface area contributed by atoms with Crippen molar-refractivity contribution in [3.8, 4) is 0 Å². The normalized spacial score (nSPS) is 23.2. The summed E-state index contributed by atoms with van der Waals surface area (Å²) < 4.78 is 14.0. The molecule has 0 atom stereocenters. The van der Waals surface area contributed by atoms with Gasteiger partial charge in [0.05, 0.1) is 0 Å². The number of hydrogen-bond acceptors (Lipinski definition) is 2. The summed E-state index contributed by atoms with van der Waals surface area (Å²) in [6.07, 6.45) is 5.60. The van der Waals surface area contributed by atoms with E-state index in [1.54, 1.807) is 6.07 Å². The summed E-state index contributed by atoms with van der Waals surface area (Å²) in [4.78, 5) is 2.45. The third-order valence-electron chi connectivity index (χ3n) is 4.34. The van der Waals surface area contributed by atoms with Gasteiger partial charge in [-0.3, -0.25) is 4.90 Å². The molecule has 0 heterocycles. The number of halogens is 1. The minimum Gasteiger partial charge on any atom is -0.328 e. The van der Waals surface area contributed by atoms with E-state index in [2.05, 4.69) is 11.8 Å². The van der Waals surface area contributed by atoms with Crippen LogP contribution in [-0.4, -0.2) is 23.5 Å². The summed E-state index contributed by atoms with van der Waals surface area (Å²) in [5, 5.41) is 0. The molecule has 0 amide bonds. The van der Waals surface area contributed by atoms with E-state index in [1.807, 2.05) is 19.1 Å². The second kappa shape index (κ2) is 7.19. The molecule has 2 nitrogen and oxygen atoms in total. The molecule has 1 saturated carbocycles. The Balaban J connectivity index is 2.06. The highest BCUT2D eigenvalue weighted by molar-refractivity contribution is 5.24. The van der Waals surface area contributed by atoms with Crippen LogP contribution < -0.4 is 5.73 Å². The van der Waals surface area contributed by atoms with Crippen molar-refractivity contribution in [1.29, 1.82) is 0 Å². The largest absolute Gasteiger partial charge is 0.328 e. The zero-order chi connectivity index (χ0) is 14.5. The summed E-state index contributed by atoms with van der Waals surface area (Å²) in [6.45, 7) is 5.97. The molecule has 1 aromatic rings. The molecule has 0 aliphatic heterocycles. The Labute approximate surface area is 122 Å². The second-order valence-electron chi connectivity index (χ2n) is 6.13. The molecule has 0 unspecified atom stereocenters. The molecular formula is C17H27FN2. The maximum absolute atomic E-state index is 14.0. The van der Waals surface area contributed by atoms with Crippen molar-refractivity contribution in [3.05, 3.63) is 35.1 Å². The quantitative estimate of drug-likeness (QED) is 0.891. The molecule has 2 rings (SSSR count). The van der Waals surface area contributed by atoms with Crippen LogP contribution in [0.1, 0.15) is 50.2 Å². The van der Waals surface area contributed by atoms with Gasteiger partial charge in [-0.05, 0) is 51.6 Å². The first-order chi connectivity index (χ1) is 9.60. The summed E-state index contributed by atoms with van der Waals surface area (Å²) in [6, 6.07) is 6.33. The predicted molar refractivity (Wildman–Crippen MR) is 82.1 cm³/mol. The third-order valence-corrected chi connectivity index (χ3v) is 4.34. The molecule has 1 fully saturated rings. The number of nitrogens with zero attached hydrogens (tertiary/aromatic N) is 1.